The molecule has 1 saturated carbocycles. The molecule has 3 aliphatic heterocycles. The van der Waals surface area contributed by atoms with Crippen LogP contribution in [0, 0.1) is 5.92 Å². The minimum absolute atomic E-state index is 0.00252. The highest BCUT2D eigenvalue weighted by Crippen LogP contribution is 2.36. The van der Waals surface area contributed by atoms with Gasteiger partial charge >= 0.3 is 5.76 Å². The number of fused-ring (bicyclic) bond motifs is 2. The molecule has 4 fully saturated rings. The van der Waals surface area contributed by atoms with E-state index in [2.05, 4.69) is 35.9 Å². The Balaban J connectivity index is 0.724. The number of nitrogens with one attached hydrogen (secondary N) is 3. The summed E-state index contributed by atoms with van der Waals surface area (Å²) >= 11 is 0. The van der Waals surface area contributed by atoms with E-state index in [9.17, 15) is 28.0 Å². The number of aryl methyl sites for hydroxylation is 1. The minimum Gasteiger partial charge on any atom is -0.407 e. The lowest BCUT2D eigenvalue weighted by Gasteiger charge is -2.36. The highest BCUT2D eigenvalue weighted by atomic mass is 19.3. The lowest BCUT2D eigenvalue weighted by atomic mass is 9.85. The number of hydrogen-bond acceptors (Lipinski definition) is 12. The van der Waals surface area contributed by atoms with Crippen molar-refractivity contribution in [2.45, 2.75) is 88.8 Å². The van der Waals surface area contributed by atoms with Gasteiger partial charge in [-0.3, -0.25) is 28.9 Å². The zero-order valence-electron chi connectivity index (χ0n) is 33.9. The smallest absolute Gasteiger partial charge is 0.407 e. The van der Waals surface area contributed by atoms with Crippen molar-refractivity contribution < 1.29 is 32.3 Å². The Bertz CT molecular complexity index is 2440. The van der Waals surface area contributed by atoms with Gasteiger partial charge in [-0.05, 0) is 81.4 Å². The molecule has 1 aromatic carbocycles. The van der Waals surface area contributed by atoms with Gasteiger partial charge in [0.15, 0.2) is 16.9 Å². The van der Waals surface area contributed by atoms with Crippen LogP contribution < -0.4 is 26.6 Å². The van der Waals surface area contributed by atoms with Crippen molar-refractivity contribution >= 4 is 46.0 Å². The van der Waals surface area contributed by atoms with Crippen molar-refractivity contribution in [3.8, 4) is 0 Å². The quantitative estimate of drug-likeness (QED) is 0.113. The molecule has 0 radical (unpaired) electrons. The molecule has 5 aromatic rings. The number of nitrogens with zero attached hydrogens (tertiary/aromatic N) is 8. The molecule has 324 valence electrons. The minimum atomic E-state index is -2.85. The van der Waals surface area contributed by atoms with Crippen molar-refractivity contribution in [1.82, 2.24) is 44.5 Å². The molecule has 61 heavy (non-hydrogen) atoms. The van der Waals surface area contributed by atoms with Crippen LogP contribution in [0.25, 0.3) is 16.7 Å². The van der Waals surface area contributed by atoms with Gasteiger partial charge in [0.25, 0.3) is 12.3 Å². The van der Waals surface area contributed by atoms with Gasteiger partial charge in [-0.2, -0.15) is 10.2 Å². The number of piperidine rings is 2. The molecule has 4 aliphatic rings. The summed E-state index contributed by atoms with van der Waals surface area (Å²) < 4.78 is 44.9. The molecule has 17 nitrogen and oxygen atoms in total. The van der Waals surface area contributed by atoms with Gasteiger partial charge < -0.3 is 29.6 Å². The highest BCUT2D eigenvalue weighted by molar-refractivity contribution is 6.08. The summed E-state index contributed by atoms with van der Waals surface area (Å²) in [6.07, 6.45) is 9.26. The van der Waals surface area contributed by atoms with Crippen LogP contribution >= 0.6 is 0 Å². The number of oxazole rings is 1. The lowest BCUT2D eigenvalue weighted by molar-refractivity contribution is -0.135. The van der Waals surface area contributed by atoms with Crippen LogP contribution in [-0.2, 0) is 20.7 Å². The Morgan fingerprint density at radius 3 is 2.57 bits per heavy atom. The number of alkyl halides is 2. The van der Waals surface area contributed by atoms with Crippen molar-refractivity contribution in [2.75, 3.05) is 62.6 Å². The van der Waals surface area contributed by atoms with E-state index in [1.807, 2.05) is 18.2 Å². The third-order valence-corrected chi connectivity index (χ3v) is 12.7. The van der Waals surface area contributed by atoms with Gasteiger partial charge in [-0.1, -0.05) is 12.1 Å². The lowest BCUT2D eigenvalue weighted by Crippen LogP contribution is -2.43. The molecule has 3 amide bonds. The fourth-order valence-electron chi connectivity index (χ4n) is 9.39. The molecule has 3 N–H and O–H groups in total. The van der Waals surface area contributed by atoms with Crippen LogP contribution in [0.15, 0.2) is 52.1 Å². The maximum absolute atomic E-state index is 14.2. The number of amides is 3. The average molecular weight is 844 g/mol. The molecule has 1 atom stereocenters. The molecule has 3 saturated heterocycles. The van der Waals surface area contributed by atoms with Crippen LogP contribution in [0.3, 0.4) is 0 Å². The van der Waals surface area contributed by atoms with Crippen molar-refractivity contribution in [1.29, 1.82) is 0 Å². The van der Waals surface area contributed by atoms with E-state index in [1.54, 1.807) is 23.1 Å². The van der Waals surface area contributed by atoms with Crippen LogP contribution in [-0.4, -0.2) is 110 Å². The number of anilines is 2. The number of likely N-dealkylation sites (tertiary alicyclic amines) is 1. The standard InChI is InChI=1S/C42H51F2N11O6/c43-38(44)36-31(47-40(57)30-23-46-53-19-14-34(48-39(30)53)52-20-15-45-16-21-52)25-54(50-36)28-8-6-26(7-9-28)24-51-17-12-29(13-18-51)60-22-2-4-27-3-1-5-32-37(27)61-42(59)55(32)33-10-11-35(56)49-41(33)58/h1,3,5,14,19,23,25-26,28-29,33,38,45H,2,4,6-13,15-18,20-22,24H2,(H,47,57)(H,49,56,58)/t26-,28-,33?. The number of halogens is 2. The first-order chi connectivity index (χ1) is 29.7. The summed E-state index contributed by atoms with van der Waals surface area (Å²) in [6, 6.07) is 6.58. The largest absolute Gasteiger partial charge is 0.420 e. The van der Waals surface area contributed by atoms with Crippen molar-refractivity contribution in [3.05, 3.63) is 70.2 Å². The van der Waals surface area contributed by atoms with E-state index in [1.165, 1.54) is 15.3 Å². The van der Waals surface area contributed by atoms with E-state index in [0.29, 0.717) is 35.7 Å². The monoisotopic (exact) mass is 843 g/mol. The van der Waals surface area contributed by atoms with Gasteiger partial charge in [-0.15, -0.1) is 0 Å². The fourth-order valence-corrected chi connectivity index (χ4v) is 9.39. The number of carbonyl (C=O) groups is 3. The maximum Gasteiger partial charge on any atom is 0.420 e. The van der Waals surface area contributed by atoms with E-state index in [4.69, 9.17) is 14.1 Å². The number of aromatic nitrogens is 6. The Hall–Kier alpha value is -5.53. The van der Waals surface area contributed by atoms with Gasteiger partial charge in [0.2, 0.25) is 11.8 Å². The first kappa shape index (κ1) is 40.9. The summed E-state index contributed by atoms with van der Waals surface area (Å²) in [7, 11) is 0. The zero-order valence-corrected chi connectivity index (χ0v) is 33.9. The Morgan fingerprint density at radius 2 is 1.80 bits per heavy atom. The van der Waals surface area contributed by atoms with Gasteiger partial charge in [0.1, 0.15) is 17.4 Å². The summed E-state index contributed by atoms with van der Waals surface area (Å²) in [5.74, 6) is -0.769. The summed E-state index contributed by atoms with van der Waals surface area (Å²) in [5.41, 5.74) is 2.00. The molecular formula is C42H51F2N11O6. The molecule has 4 aromatic heterocycles. The van der Waals surface area contributed by atoms with Crippen LogP contribution in [0.4, 0.5) is 20.3 Å². The molecule has 1 aliphatic carbocycles. The second-order valence-corrected chi connectivity index (χ2v) is 16.6. The molecule has 9 rings (SSSR count). The number of carbonyl (C=O) groups excluding carboxylic acids is 3. The number of rotatable bonds is 13. The number of piperazine rings is 1. The predicted molar refractivity (Wildman–Crippen MR) is 220 cm³/mol. The zero-order chi connectivity index (χ0) is 42.0. The fraction of sp³-hybridized carbons (Fsp3) is 0.548. The van der Waals surface area contributed by atoms with E-state index >= 15 is 0 Å². The topological polar surface area (TPSA) is 186 Å². The molecule has 19 heteroatoms. The number of imide groups is 1. The molecule has 0 bridgehead atoms. The molecule has 1 unspecified atom stereocenters. The van der Waals surface area contributed by atoms with E-state index in [0.717, 1.165) is 102 Å². The number of ether oxygens (including phenoxy) is 1. The second kappa shape index (κ2) is 17.8. The third-order valence-electron chi connectivity index (χ3n) is 12.7. The Labute approximate surface area is 349 Å². The van der Waals surface area contributed by atoms with Gasteiger partial charge in [0, 0.05) is 71.2 Å². The highest BCUT2D eigenvalue weighted by Gasteiger charge is 2.33. The predicted octanol–water partition coefficient (Wildman–Crippen LogP) is 4.26. The van der Waals surface area contributed by atoms with E-state index in [-0.39, 0.29) is 42.1 Å². The van der Waals surface area contributed by atoms with Crippen molar-refractivity contribution in [2.24, 2.45) is 5.92 Å². The average Bonchev–Trinajstić information content (AvgIpc) is 3.99. The number of para-hydroxylation sites is 1. The van der Waals surface area contributed by atoms with Crippen LogP contribution in [0.5, 0.6) is 0 Å². The summed E-state index contributed by atoms with van der Waals surface area (Å²) in [5, 5.41) is 16.9. The van der Waals surface area contributed by atoms with Crippen LogP contribution in [0.2, 0.25) is 0 Å². The van der Waals surface area contributed by atoms with Gasteiger partial charge in [-0.25, -0.2) is 23.1 Å². The number of hydrogen-bond donors (Lipinski definition) is 3. The van der Waals surface area contributed by atoms with Crippen molar-refractivity contribution in [3.63, 3.8) is 0 Å². The normalized spacial score (nSPS) is 22.1. The summed E-state index contributed by atoms with van der Waals surface area (Å²) in [4.78, 5) is 59.7. The first-order valence-corrected chi connectivity index (χ1v) is 21.5. The molecule has 7 heterocycles. The van der Waals surface area contributed by atoms with Crippen LogP contribution in [0.1, 0.15) is 97.9 Å². The molecule has 0 spiro atoms. The Kier molecular flexibility index (Phi) is 11.9. The number of benzene rings is 1. The molecular weight excluding hydrogens is 793 g/mol. The first-order valence-electron chi connectivity index (χ1n) is 21.5. The third kappa shape index (κ3) is 8.81. The summed E-state index contributed by atoms with van der Waals surface area (Å²) in [6.45, 7) is 6.69. The Morgan fingerprint density at radius 1 is 1.00 bits per heavy atom. The SMILES string of the molecule is O=C1CCC(n2c(=O)oc3c(CCCOC4CCN(C[C@H]5CC[C@H](n6cc(NC(=O)c7cnn8ccc(N9CCNCC9)nc78)c(C(F)F)n6)CC5)CC4)cccc32)C(=O)N1. The maximum atomic E-state index is 14.2. The van der Waals surface area contributed by atoms with E-state index < -0.39 is 35.7 Å². The second-order valence-electron chi connectivity index (χ2n) is 16.6. The van der Waals surface area contributed by atoms with Gasteiger partial charge in [0.05, 0.1) is 29.5 Å².